The van der Waals surface area contributed by atoms with Crippen molar-refractivity contribution in [2.45, 2.75) is 32.1 Å². The molecular weight excluding hydrogens is 224 g/mol. The van der Waals surface area contributed by atoms with Crippen LogP contribution in [0.2, 0.25) is 0 Å². The Kier molecular flexibility index (Phi) is 4.62. The van der Waals surface area contributed by atoms with Crippen LogP contribution in [0.3, 0.4) is 0 Å². The summed E-state index contributed by atoms with van der Waals surface area (Å²) in [6, 6.07) is 7.61. The lowest BCUT2D eigenvalue weighted by Crippen LogP contribution is -2.26. The summed E-state index contributed by atoms with van der Waals surface area (Å²) in [5, 5.41) is 6.07. The van der Waals surface area contributed by atoms with Crippen LogP contribution in [0.25, 0.3) is 0 Å². The van der Waals surface area contributed by atoms with Gasteiger partial charge in [0.25, 0.3) is 5.91 Å². The van der Waals surface area contributed by atoms with Crippen LogP contribution in [0.1, 0.15) is 42.5 Å². The van der Waals surface area contributed by atoms with Crippen LogP contribution in [-0.4, -0.2) is 19.5 Å². The Morgan fingerprint density at radius 2 is 2.00 bits per heavy atom. The van der Waals surface area contributed by atoms with E-state index in [4.69, 9.17) is 0 Å². The third-order valence-corrected chi connectivity index (χ3v) is 3.75. The molecule has 2 rings (SSSR count). The third-order valence-electron chi connectivity index (χ3n) is 3.75. The highest BCUT2D eigenvalue weighted by Gasteiger charge is 2.15. The molecule has 18 heavy (non-hydrogen) atoms. The van der Waals surface area contributed by atoms with E-state index < -0.39 is 0 Å². The van der Waals surface area contributed by atoms with Gasteiger partial charge in [0.05, 0.1) is 5.56 Å². The van der Waals surface area contributed by atoms with Gasteiger partial charge in [-0.05, 0) is 24.5 Å². The Hall–Kier alpha value is -1.51. The van der Waals surface area contributed by atoms with Crippen molar-refractivity contribution in [2.24, 2.45) is 5.92 Å². The van der Waals surface area contributed by atoms with Crippen molar-refractivity contribution in [3.8, 4) is 0 Å². The van der Waals surface area contributed by atoms with E-state index in [1.165, 1.54) is 25.7 Å². The van der Waals surface area contributed by atoms with E-state index in [0.717, 1.165) is 30.1 Å². The Balaban J connectivity index is 1.83. The standard InChI is InChI=1S/C15H22N2O/c1-16-14-9-5-4-8-13(14)15(18)17-11-10-12-6-2-3-7-12/h4-5,8-9,12,16H,2-3,6-7,10-11H2,1H3,(H,17,18). The number of hydrogen-bond acceptors (Lipinski definition) is 2. The van der Waals surface area contributed by atoms with E-state index in [2.05, 4.69) is 10.6 Å². The molecule has 3 heteroatoms. The van der Waals surface area contributed by atoms with E-state index in [-0.39, 0.29) is 5.91 Å². The maximum absolute atomic E-state index is 12.0. The van der Waals surface area contributed by atoms with E-state index in [9.17, 15) is 4.79 Å². The maximum atomic E-state index is 12.0. The van der Waals surface area contributed by atoms with Crippen molar-refractivity contribution in [3.63, 3.8) is 0 Å². The molecule has 3 nitrogen and oxygen atoms in total. The third kappa shape index (κ3) is 3.25. The number of para-hydroxylation sites is 1. The van der Waals surface area contributed by atoms with Gasteiger partial charge in [-0.1, -0.05) is 37.8 Å². The second-order valence-electron chi connectivity index (χ2n) is 4.99. The van der Waals surface area contributed by atoms with Crippen LogP contribution in [0.15, 0.2) is 24.3 Å². The molecule has 1 saturated carbocycles. The van der Waals surface area contributed by atoms with E-state index >= 15 is 0 Å². The summed E-state index contributed by atoms with van der Waals surface area (Å²) in [7, 11) is 1.84. The molecule has 1 fully saturated rings. The number of carbonyl (C=O) groups excluding carboxylic acids is 1. The van der Waals surface area contributed by atoms with Gasteiger partial charge < -0.3 is 10.6 Å². The first-order chi connectivity index (χ1) is 8.81. The highest BCUT2D eigenvalue weighted by atomic mass is 16.1. The summed E-state index contributed by atoms with van der Waals surface area (Å²) < 4.78 is 0. The van der Waals surface area contributed by atoms with Crippen molar-refractivity contribution < 1.29 is 4.79 Å². The maximum Gasteiger partial charge on any atom is 0.253 e. The number of carbonyl (C=O) groups is 1. The molecule has 0 spiro atoms. The quantitative estimate of drug-likeness (QED) is 0.838. The average Bonchev–Trinajstić information content (AvgIpc) is 2.91. The fourth-order valence-electron chi connectivity index (χ4n) is 2.68. The summed E-state index contributed by atoms with van der Waals surface area (Å²) >= 11 is 0. The molecule has 0 bridgehead atoms. The normalized spacial score (nSPS) is 15.6. The van der Waals surface area contributed by atoms with Gasteiger partial charge in [0.1, 0.15) is 0 Å². The van der Waals surface area contributed by atoms with Gasteiger partial charge in [-0.3, -0.25) is 4.79 Å². The van der Waals surface area contributed by atoms with E-state index in [0.29, 0.717) is 0 Å². The summed E-state index contributed by atoms with van der Waals surface area (Å²) in [6.45, 7) is 0.793. The zero-order chi connectivity index (χ0) is 12.8. The van der Waals surface area contributed by atoms with Crippen LogP contribution >= 0.6 is 0 Å². The SMILES string of the molecule is CNc1ccccc1C(=O)NCCC1CCCC1. The Bertz CT molecular complexity index is 397. The topological polar surface area (TPSA) is 41.1 Å². The van der Waals surface area contributed by atoms with Crippen molar-refractivity contribution in [1.29, 1.82) is 0 Å². The van der Waals surface area contributed by atoms with Crippen molar-refractivity contribution in [2.75, 3.05) is 18.9 Å². The Morgan fingerprint density at radius 3 is 2.72 bits per heavy atom. The van der Waals surface area contributed by atoms with Gasteiger partial charge in [0.2, 0.25) is 0 Å². The zero-order valence-corrected chi connectivity index (χ0v) is 11.0. The molecular formula is C15H22N2O. The first-order valence-electron chi connectivity index (χ1n) is 6.86. The van der Waals surface area contributed by atoms with Crippen molar-refractivity contribution >= 4 is 11.6 Å². The van der Waals surface area contributed by atoms with Gasteiger partial charge in [0.15, 0.2) is 0 Å². The molecule has 0 heterocycles. The molecule has 98 valence electrons. The molecule has 1 aromatic carbocycles. The molecule has 2 N–H and O–H groups in total. The molecule has 0 saturated heterocycles. The van der Waals surface area contributed by atoms with Gasteiger partial charge in [-0.15, -0.1) is 0 Å². The van der Waals surface area contributed by atoms with Crippen LogP contribution in [0.4, 0.5) is 5.69 Å². The van der Waals surface area contributed by atoms with E-state index in [1.807, 2.05) is 31.3 Å². The first-order valence-corrected chi connectivity index (χ1v) is 6.86. The lowest BCUT2D eigenvalue weighted by molar-refractivity contribution is 0.0952. The van der Waals surface area contributed by atoms with Crippen molar-refractivity contribution in [1.82, 2.24) is 5.32 Å². The smallest absolute Gasteiger partial charge is 0.253 e. The van der Waals surface area contributed by atoms with Gasteiger partial charge >= 0.3 is 0 Å². The average molecular weight is 246 g/mol. The molecule has 0 unspecified atom stereocenters. The van der Waals surface area contributed by atoms with Gasteiger partial charge in [-0.25, -0.2) is 0 Å². The Morgan fingerprint density at radius 1 is 1.28 bits per heavy atom. The lowest BCUT2D eigenvalue weighted by Gasteiger charge is -2.12. The minimum atomic E-state index is 0.0259. The lowest BCUT2D eigenvalue weighted by atomic mass is 10.0. The summed E-state index contributed by atoms with van der Waals surface area (Å²) in [6.07, 6.45) is 6.52. The predicted molar refractivity (Wildman–Crippen MR) is 74.9 cm³/mol. The molecule has 0 aromatic heterocycles. The number of nitrogens with one attached hydrogen (secondary N) is 2. The molecule has 0 radical (unpaired) electrons. The number of rotatable bonds is 5. The molecule has 1 amide bonds. The number of anilines is 1. The summed E-state index contributed by atoms with van der Waals surface area (Å²) in [4.78, 5) is 12.0. The molecule has 1 aliphatic carbocycles. The molecule has 0 aliphatic heterocycles. The monoisotopic (exact) mass is 246 g/mol. The largest absolute Gasteiger partial charge is 0.387 e. The van der Waals surface area contributed by atoms with Crippen LogP contribution in [0.5, 0.6) is 0 Å². The minimum absolute atomic E-state index is 0.0259. The summed E-state index contributed by atoms with van der Waals surface area (Å²) in [5.74, 6) is 0.850. The summed E-state index contributed by atoms with van der Waals surface area (Å²) in [5.41, 5.74) is 1.61. The second-order valence-corrected chi connectivity index (χ2v) is 4.99. The first kappa shape index (κ1) is 12.9. The fraction of sp³-hybridized carbons (Fsp3) is 0.533. The van der Waals surface area contributed by atoms with Crippen LogP contribution in [-0.2, 0) is 0 Å². The van der Waals surface area contributed by atoms with Crippen molar-refractivity contribution in [3.05, 3.63) is 29.8 Å². The fourth-order valence-corrected chi connectivity index (χ4v) is 2.68. The molecule has 1 aromatic rings. The molecule has 1 aliphatic rings. The highest BCUT2D eigenvalue weighted by Crippen LogP contribution is 2.26. The van der Waals surface area contributed by atoms with Crippen LogP contribution < -0.4 is 10.6 Å². The Labute approximate surface area is 109 Å². The number of benzene rings is 1. The predicted octanol–water partition coefficient (Wildman–Crippen LogP) is 3.04. The van der Waals surface area contributed by atoms with Crippen LogP contribution in [0, 0.1) is 5.92 Å². The van der Waals surface area contributed by atoms with Gasteiger partial charge in [0, 0.05) is 19.3 Å². The van der Waals surface area contributed by atoms with Gasteiger partial charge in [-0.2, -0.15) is 0 Å². The minimum Gasteiger partial charge on any atom is -0.387 e. The zero-order valence-electron chi connectivity index (χ0n) is 11.0. The highest BCUT2D eigenvalue weighted by molar-refractivity contribution is 5.99. The van der Waals surface area contributed by atoms with E-state index in [1.54, 1.807) is 0 Å². The molecule has 0 atom stereocenters. The number of hydrogen-bond donors (Lipinski definition) is 2. The second kappa shape index (κ2) is 6.43. The number of amides is 1.